The molecule has 0 aliphatic rings. The molecular formula is C18H27NO5. The lowest BCUT2D eigenvalue weighted by Gasteiger charge is -2.22. The largest absolute Gasteiger partial charge is 0.497 e. The summed E-state index contributed by atoms with van der Waals surface area (Å²) in [6.45, 7) is 7.14. The number of rotatable bonds is 10. The van der Waals surface area contributed by atoms with Crippen LogP contribution in [0.3, 0.4) is 0 Å². The van der Waals surface area contributed by atoms with Crippen LogP contribution in [-0.4, -0.2) is 48.7 Å². The number of hydrogen-bond acceptors (Lipinski definition) is 4. The van der Waals surface area contributed by atoms with Gasteiger partial charge in [0.15, 0.2) is 0 Å². The van der Waals surface area contributed by atoms with E-state index in [4.69, 9.17) is 14.6 Å². The van der Waals surface area contributed by atoms with Gasteiger partial charge in [-0.2, -0.15) is 0 Å². The molecule has 6 heteroatoms. The molecule has 0 saturated carbocycles. The van der Waals surface area contributed by atoms with Gasteiger partial charge in [0.25, 0.3) is 5.91 Å². The first-order valence-electron chi connectivity index (χ1n) is 8.20. The minimum Gasteiger partial charge on any atom is -0.497 e. The molecule has 0 heterocycles. The van der Waals surface area contributed by atoms with Gasteiger partial charge in [-0.3, -0.25) is 9.59 Å². The van der Waals surface area contributed by atoms with E-state index in [1.54, 1.807) is 25.3 Å². The molecule has 1 aromatic rings. The van der Waals surface area contributed by atoms with E-state index in [1.165, 1.54) is 4.90 Å². The Morgan fingerprint density at radius 1 is 1.29 bits per heavy atom. The van der Waals surface area contributed by atoms with E-state index in [1.807, 2.05) is 6.92 Å². The monoisotopic (exact) mass is 337 g/mol. The highest BCUT2D eigenvalue weighted by Gasteiger charge is 2.20. The van der Waals surface area contributed by atoms with Crippen molar-refractivity contribution in [2.24, 2.45) is 5.92 Å². The maximum absolute atomic E-state index is 12.7. The summed E-state index contributed by atoms with van der Waals surface area (Å²) in [7, 11) is 1.56. The Balaban J connectivity index is 2.97. The number of hydrogen-bond donors (Lipinski definition) is 1. The van der Waals surface area contributed by atoms with Gasteiger partial charge in [0.2, 0.25) is 0 Å². The number of ether oxygens (including phenoxy) is 2. The van der Waals surface area contributed by atoms with Crippen molar-refractivity contribution in [2.75, 3.05) is 26.8 Å². The molecule has 1 rings (SSSR count). The summed E-state index contributed by atoms with van der Waals surface area (Å²) < 4.78 is 11.0. The van der Waals surface area contributed by atoms with Crippen molar-refractivity contribution in [2.45, 2.75) is 33.6 Å². The SMILES string of the molecule is CCN(CCC(=O)O)C(=O)c1ccc(OC)cc1OCCC(C)C. The fraction of sp³-hybridized carbons (Fsp3) is 0.556. The van der Waals surface area contributed by atoms with Crippen LogP contribution in [-0.2, 0) is 4.79 Å². The molecule has 0 radical (unpaired) electrons. The Morgan fingerprint density at radius 3 is 2.54 bits per heavy atom. The second-order valence-electron chi connectivity index (χ2n) is 5.92. The van der Waals surface area contributed by atoms with Gasteiger partial charge >= 0.3 is 5.97 Å². The van der Waals surface area contributed by atoms with E-state index in [0.717, 1.165) is 6.42 Å². The highest BCUT2D eigenvalue weighted by molar-refractivity contribution is 5.97. The predicted molar refractivity (Wildman–Crippen MR) is 91.8 cm³/mol. The smallest absolute Gasteiger partial charge is 0.305 e. The fourth-order valence-electron chi connectivity index (χ4n) is 2.13. The van der Waals surface area contributed by atoms with Crippen LogP contribution in [0.1, 0.15) is 44.0 Å². The number of carboxylic acids is 1. The molecule has 0 atom stereocenters. The zero-order valence-electron chi connectivity index (χ0n) is 14.9. The zero-order chi connectivity index (χ0) is 18.1. The predicted octanol–water partition coefficient (Wildman–Crippen LogP) is 3.06. The number of nitrogens with zero attached hydrogens (tertiary/aromatic N) is 1. The van der Waals surface area contributed by atoms with Crippen LogP contribution in [0.5, 0.6) is 11.5 Å². The highest BCUT2D eigenvalue weighted by Crippen LogP contribution is 2.26. The van der Waals surface area contributed by atoms with E-state index in [0.29, 0.717) is 36.1 Å². The third kappa shape index (κ3) is 6.10. The molecular weight excluding hydrogens is 310 g/mol. The number of carbonyl (C=O) groups excluding carboxylic acids is 1. The second kappa shape index (κ2) is 9.80. The van der Waals surface area contributed by atoms with E-state index in [2.05, 4.69) is 13.8 Å². The van der Waals surface area contributed by atoms with Crippen LogP contribution < -0.4 is 9.47 Å². The van der Waals surface area contributed by atoms with Crippen LogP contribution in [0.4, 0.5) is 0 Å². The molecule has 0 saturated heterocycles. The Morgan fingerprint density at radius 2 is 2.00 bits per heavy atom. The van der Waals surface area contributed by atoms with Crippen molar-refractivity contribution in [3.63, 3.8) is 0 Å². The van der Waals surface area contributed by atoms with Gasteiger partial charge in [-0.05, 0) is 31.4 Å². The van der Waals surface area contributed by atoms with Gasteiger partial charge in [0.1, 0.15) is 11.5 Å². The summed E-state index contributed by atoms with van der Waals surface area (Å²) in [5.41, 5.74) is 0.423. The highest BCUT2D eigenvalue weighted by atomic mass is 16.5. The summed E-state index contributed by atoms with van der Waals surface area (Å²) in [5, 5.41) is 8.82. The van der Waals surface area contributed by atoms with Gasteiger partial charge < -0.3 is 19.5 Å². The Labute approximate surface area is 143 Å². The van der Waals surface area contributed by atoms with Crippen LogP contribution in [0.15, 0.2) is 18.2 Å². The summed E-state index contributed by atoms with van der Waals surface area (Å²) in [5.74, 6) is 0.413. The number of benzene rings is 1. The molecule has 134 valence electrons. The maximum Gasteiger partial charge on any atom is 0.305 e. The average molecular weight is 337 g/mol. The number of carboxylic acid groups (broad SMARTS) is 1. The minimum absolute atomic E-state index is 0.0841. The van der Waals surface area contributed by atoms with E-state index < -0.39 is 5.97 Å². The van der Waals surface area contributed by atoms with Crippen molar-refractivity contribution in [1.29, 1.82) is 0 Å². The third-order valence-corrected chi connectivity index (χ3v) is 3.64. The summed E-state index contributed by atoms with van der Waals surface area (Å²) in [6, 6.07) is 5.06. The first-order valence-corrected chi connectivity index (χ1v) is 8.20. The first kappa shape index (κ1) is 19.8. The molecule has 0 unspecified atom stereocenters. The first-order chi connectivity index (χ1) is 11.4. The van der Waals surface area contributed by atoms with Gasteiger partial charge in [0, 0.05) is 19.2 Å². The number of amides is 1. The van der Waals surface area contributed by atoms with E-state index >= 15 is 0 Å². The lowest BCUT2D eigenvalue weighted by Crippen LogP contribution is -2.33. The molecule has 6 nitrogen and oxygen atoms in total. The number of aliphatic carboxylic acids is 1. The van der Waals surface area contributed by atoms with Gasteiger partial charge in [-0.1, -0.05) is 13.8 Å². The van der Waals surface area contributed by atoms with Crippen molar-refractivity contribution in [3.8, 4) is 11.5 Å². The minimum atomic E-state index is -0.926. The summed E-state index contributed by atoms with van der Waals surface area (Å²) in [6.07, 6.45) is 0.792. The van der Waals surface area contributed by atoms with E-state index in [-0.39, 0.29) is 18.9 Å². The lowest BCUT2D eigenvalue weighted by atomic mass is 10.1. The molecule has 1 aromatic carbocycles. The molecule has 0 aliphatic carbocycles. The normalized spacial score (nSPS) is 10.5. The third-order valence-electron chi connectivity index (χ3n) is 3.64. The number of methoxy groups -OCH3 is 1. The van der Waals surface area contributed by atoms with Crippen molar-refractivity contribution < 1.29 is 24.2 Å². The standard InChI is InChI=1S/C18H27NO5/c1-5-19(10-8-17(20)21)18(22)15-7-6-14(23-4)12-16(15)24-11-9-13(2)3/h6-7,12-13H,5,8-11H2,1-4H3,(H,20,21). The summed E-state index contributed by atoms with van der Waals surface area (Å²) in [4.78, 5) is 25.0. The Hall–Kier alpha value is -2.24. The zero-order valence-corrected chi connectivity index (χ0v) is 14.9. The quantitative estimate of drug-likeness (QED) is 0.710. The van der Waals surface area contributed by atoms with Crippen molar-refractivity contribution >= 4 is 11.9 Å². The van der Waals surface area contributed by atoms with Crippen LogP contribution in [0.25, 0.3) is 0 Å². The molecule has 0 spiro atoms. The van der Waals surface area contributed by atoms with Gasteiger partial charge in [-0.15, -0.1) is 0 Å². The fourth-order valence-corrected chi connectivity index (χ4v) is 2.13. The molecule has 0 aliphatic heterocycles. The van der Waals surface area contributed by atoms with Crippen LogP contribution in [0, 0.1) is 5.92 Å². The van der Waals surface area contributed by atoms with Crippen molar-refractivity contribution in [3.05, 3.63) is 23.8 Å². The van der Waals surface area contributed by atoms with Crippen LogP contribution in [0.2, 0.25) is 0 Å². The van der Waals surface area contributed by atoms with Gasteiger partial charge in [-0.25, -0.2) is 0 Å². The average Bonchev–Trinajstić information content (AvgIpc) is 2.54. The number of carbonyl (C=O) groups is 2. The lowest BCUT2D eigenvalue weighted by molar-refractivity contribution is -0.137. The molecule has 1 amide bonds. The molecule has 24 heavy (non-hydrogen) atoms. The molecule has 0 bridgehead atoms. The Kier molecular flexibility index (Phi) is 8.09. The van der Waals surface area contributed by atoms with Gasteiger partial charge in [0.05, 0.1) is 25.7 Å². The topological polar surface area (TPSA) is 76.1 Å². The molecule has 1 N–H and O–H groups in total. The molecule has 0 fully saturated rings. The maximum atomic E-state index is 12.7. The van der Waals surface area contributed by atoms with Crippen LogP contribution >= 0.6 is 0 Å². The second-order valence-corrected chi connectivity index (χ2v) is 5.92. The Bertz CT molecular complexity index is 556. The molecule has 0 aromatic heterocycles. The summed E-state index contributed by atoms with van der Waals surface area (Å²) >= 11 is 0. The van der Waals surface area contributed by atoms with Crippen molar-refractivity contribution in [1.82, 2.24) is 4.90 Å². The van der Waals surface area contributed by atoms with E-state index in [9.17, 15) is 9.59 Å².